The van der Waals surface area contributed by atoms with E-state index in [1.165, 1.54) is 4.88 Å². The molecule has 7 heteroatoms. The lowest BCUT2D eigenvalue weighted by molar-refractivity contribution is 0.854. The number of rotatable bonds is 3. The fourth-order valence-corrected chi connectivity index (χ4v) is 3.98. The Bertz CT molecular complexity index is 734. The van der Waals surface area contributed by atoms with E-state index >= 15 is 0 Å². The van der Waals surface area contributed by atoms with E-state index < -0.39 is 0 Å². The number of nitrogens with zero attached hydrogens (tertiary/aromatic N) is 4. The minimum absolute atomic E-state index is 0.815. The van der Waals surface area contributed by atoms with Crippen molar-refractivity contribution < 1.29 is 0 Å². The second-order valence-electron chi connectivity index (χ2n) is 4.12. The monoisotopic (exact) mass is 310 g/mol. The van der Waals surface area contributed by atoms with Crippen LogP contribution in [0.2, 0.25) is 4.34 Å². The third-order valence-electron chi connectivity index (χ3n) is 2.63. The first kappa shape index (κ1) is 12.9. The van der Waals surface area contributed by atoms with Gasteiger partial charge in [-0.1, -0.05) is 23.4 Å². The van der Waals surface area contributed by atoms with Gasteiger partial charge in [-0.15, -0.1) is 21.5 Å². The van der Waals surface area contributed by atoms with Gasteiger partial charge in [0.2, 0.25) is 0 Å². The molecule has 0 bridgehead atoms. The van der Waals surface area contributed by atoms with E-state index in [1.54, 1.807) is 23.1 Å². The Kier molecular flexibility index (Phi) is 3.47. The standard InChI is InChI=1S/C12H11ClN4S2/c1-7-5-11-15-16-12(17(11)8(2)14-7)18-6-9-3-4-10(13)19-9/h3-5H,6H2,1-2H3. The van der Waals surface area contributed by atoms with Crippen molar-refractivity contribution in [2.24, 2.45) is 0 Å². The minimum atomic E-state index is 0.815. The van der Waals surface area contributed by atoms with Crippen LogP contribution in [0.5, 0.6) is 0 Å². The molecule has 4 nitrogen and oxygen atoms in total. The molecule has 0 N–H and O–H groups in total. The average Bonchev–Trinajstić information content (AvgIpc) is 2.93. The summed E-state index contributed by atoms with van der Waals surface area (Å²) in [6.45, 7) is 3.93. The van der Waals surface area contributed by atoms with Crippen LogP contribution in [-0.4, -0.2) is 19.6 Å². The molecule has 0 fully saturated rings. The maximum atomic E-state index is 5.92. The number of aromatic nitrogens is 4. The first-order chi connectivity index (χ1) is 9.13. The van der Waals surface area contributed by atoms with Gasteiger partial charge in [-0.25, -0.2) is 4.98 Å². The van der Waals surface area contributed by atoms with Crippen LogP contribution in [0.1, 0.15) is 16.4 Å². The second-order valence-corrected chi connectivity index (χ2v) is 6.86. The summed E-state index contributed by atoms with van der Waals surface area (Å²) in [7, 11) is 0. The molecule has 0 radical (unpaired) electrons. The summed E-state index contributed by atoms with van der Waals surface area (Å²) in [5.41, 5.74) is 1.80. The Labute approximate surface area is 123 Å². The van der Waals surface area contributed by atoms with Crippen molar-refractivity contribution in [2.75, 3.05) is 0 Å². The summed E-state index contributed by atoms with van der Waals surface area (Å²) in [4.78, 5) is 5.67. The highest BCUT2D eigenvalue weighted by molar-refractivity contribution is 7.98. The van der Waals surface area contributed by atoms with Crippen LogP contribution in [0, 0.1) is 13.8 Å². The highest BCUT2D eigenvalue weighted by Crippen LogP contribution is 2.28. The van der Waals surface area contributed by atoms with Gasteiger partial charge in [-0.3, -0.25) is 4.40 Å². The number of halogens is 1. The van der Waals surface area contributed by atoms with Crippen LogP contribution in [0.3, 0.4) is 0 Å². The molecule has 3 heterocycles. The predicted molar refractivity (Wildman–Crippen MR) is 79.1 cm³/mol. The number of hydrogen-bond acceptors (Lipinski definition) is 5. The number of thioether (sulfide) groups is 1. The molecule has 0 aliphatic carbocycles. The van der Waals surface area contributed by atoms with Crippen LogP contribution >= 0.6 is 34.7 Å². The SMILES string of the molecule is Cc1cc2nnc(SCc3ccc(Cl)s3)n2c(C)n1. The molecule has 19 heavy (non-hydrogen) atoms. The van der Waals surface area contributed by atoms with Crippen molar-refractivity contribution in [3.8, 4) is 0 Å². The van der Waals surface area contributed by atoms with Gasteiger partial charge < -0.3 is 0 Å². The molecule has 0 aliphatic rings. The Hall–Kier alpha value is -1.11. The molecule has 0 saturated carbocycles. The van der Waals surface area contributed by atoms with Crippen molar-refractivity contribution in [1.29, 1.82) is 0 Å². The van der Waals surface area contributed by atoms with E-state index in [0.717, 1.165) is 32.4 Å². The predicted octanol–water partition coefficient (Wildman–Crippen LogP) is 3.75. The normalized spacial score (nSPS) is 11.3. The van der Waals surface area contributed by atoms with E-state index in [-0.39, 0.29) is 0 Å². The molecule has 0 aliphatic heterocycles. The molecule has 3 aromatic rings. The van der Waals surface area contributed by atoms with Gasteiger partial charge in [0, 0.05) is 22.4 Å². The van der Waals surface area contributed by atoms with Gasteiger partial charge >= 0.3 is 0 Å². The van der Waals surface area contributed by atoms with Crippen molar-refractivity contribution in [3.05, 3.63) is 38.9 Å². The Morgan fingerprint density at radius 3 is 2.89 bits per heavy atom. The summed E-state index contributed by atoms with van der Waals surface area (Å²) >= 11 is 9.16. The average molecular weight is 311 g/mol. The number of hydrogen-bond donors (Lipinski definition) is 0. The smallest absolute Gasteiger partial charge is 0.197 e. The first-order valence-corrected chi connectivity index (χ1v) is 7.88. The van der Waals surface area contributed by atoms with Crippen LogP contribution in [0.25, 0.3) is 5.65 Å². The summed E-state index contributed by atoms with van der Waals surface area (Å²) in [6.07, 6.45) is 0. The fraction of sp³-hybridized carbons (Fsp3) is 0.250. The summed E-state index contributed by atoms with van der Waals surface area (Å²) in [6, 6.07) is 5.89. The molecule has 3 aromatic heterocycles. The summed E-state index contributed by atoms with van der Waals surface area (Å²) < 4.78 is 2.79. The quantitative estimate of drug-likeness (QED) is 0.691. The van der Waals surface area contributed by atoms with E-state index in [4.69, 9.17) is 11.6 Å². The van der Waals surface area contributed by atoms with E-state index in [2.05, 4.69) is 15.2 Å². The van der Waals surface area contributed by atoms with E-state index in [0.29, 0.717) is 0 Å². The number of thiophene rings is 1. The van der Waals surface area contributed by atoms with Gasteiger partial charge in [0.25, 0.3) is 0 Å². The Morgan fingerprint density at radius 1 is 1.32 bits per heavy atom. The fourth-order valence-electron chi connectivity index (χ4n) is 1.86. The summed E-state index contributed by atoms with van der Waals surface area (Å²) in [5.74, 6) is 1.75. The third kappa shape index (κ3) is 2.61. The highest BCUT2D eigenvalue weighted by Gasteiger charge is 2.10. The molecule has 0 aromatic carbocycles. The Balaban J connectivity index is 1.89. The lowest BCUT2D eigenvalue weighted by Crippen LogP contribution is -1.98. The van der Waals surface area contributed by atoms with Gasteiger partial charge in [0.05, 0.1) is 4.34 Å². The highest BCUT2D eigenvalue weighted by atomic mass is 35.5. The zero-order valence-electron chi connectivity index (χ0n) is 10.4. The molecule has 0 amide bonds. The molecule has 0 spiro atoms. The number of aryl methyl sites for hydroxylation is 2. The molecule has 98 valence electrons. The van der Waals surface area contributed by atoms with Crippen molar-refractivity contribution in [1.82, 2.24) is 19.6 Å². The van der Waals surface area contributed by atoms with E-state index in [9.17, 15) is 0 Å². The molecule has 0 atom stereocenters. The zero-order valence-corrected chi connectivity index (χ0v) is 12.8. The zero-order chi connectivity index (χ0) is 13.4. The Morgan fingerprint density at radius 2 is 2.16 bits per heavy atom. The molecular formula is C12H11ClN4S2. The van der Waals surface area contributed by atoms with Crippen LogP contribution in [-0.2, 0) is 5.75 Å². The molecule has 0 unspecified atom stereocenters. The van der Waals surface area contributed by atoms with Crippen molar-refractivity contribution >= 4 is 40.3 Å². The minimum Gasteiger partial charge on any atom is -0.258 e. The third-order valence-corrected chi connectivity index (χ3v) is 5.02. The van der Waals surface area contributed by atoms with Crippen molar-refractivity contribution in [3.63, 3.8) is 0 Å². The molecule has 3 rings (SSSR count). The van der Waals surface area contributed by atoms with Crippen LogP contribution in [0.4, 0.5) is 0 Å². The van der Waals surface area contributed by atoms with Crippen molar-refractivity contribution in [2.45, 2.75) is 24.8 Å². The van der Waals surface area contributed by atoms with Crippen LogP contribution in [0.15, 0.2) is 23.4 Å². The number of fused-ring (bicyclic) bond motifs is 1. The largest absolute Gasteiger partial charge is 0.258 e. The topological polar surface area (TPSA) is 43.1 Å². The first-order valence-electron chi connectivity index (χ1n) is 5.70. The van der Waals surface area contributed by atoms with Gasteiger partial charge in [0.1, 0.15) is 5.82 Å². The molecule has 0 saturated heterocycles. The maximum absolute atomic E-state index is 5.92. The van der Waals surface area contributed by atoms with Gasteiger partial charge in [-0.05, 0) is 26.0 Å². The maximum Gasteiger partial charge on any atom is 0.197 e. The van der Waals surface area contributed by atoms with Gasteiger partial charge in [0.15, 0.2) is 10.8 Å². The summed E-state index contributed by atoms with van der Waals surface area (Å²) in [5, 5.41) is 9.28. The van der Waals surface area contributed by atoms with Gasteiger partial charge in [-0.2, -0.15) is 0 Å². The second kappa shape index (κ2) is 5.11. The molecular weight excluding hydrogens is 300 g/mol. The lowest BCUT2D eigenvalue weighted by Gasteiger charge is -2.03. The van der Waals surface area contributed by atoms with E-state index in [1.807, 2.05) is 36.4 Å². The lowest BCUT2D eigenvalue weighted by atomic mass is 10.4. The van der Waals surface area contributed by atoms with Crippen LogP contribution < -0.4 is 0 Å².